The monoisotopic (exact) mass is 493 g/mol. The van der Waals surface area contributed by atoms with E-state index >= 15 is 0 Å². The number of hydrogen-bond acceptors (Lipinski definition) is 9. The Morgan fingerprint density at radius 2 is 1.97 bits per heavy atom. The number of amides is 1. The van der Waals surface area contributed by atoms with E-state index < -0.39 is 6.04 Å². The van der Waals surface area contributed by atoms with Crippen molar-refractivity contribution in [3.8, 4) is 0 Å². The third-order valence-corrected chi connectivity index (χ3v) is 6.15. The van der Waals surface area contributed by atoms with Crippen LogP contribution in [-0.4, -0.2) is 27.0 Å². The fourth-order valence-electron chi connectivity index (χ4n) is 3.67. The fourth-order valence-corrected chi connectivity index (χ4v) is 4.35. The number of guanidine groups is 1. The molecule has 1 unspecified atom stereocenters. The van der Waals surface area contributed by atoms with E-state index in [9.17, 15) is 4.79 Å². The molecule has 0 radical (unpaired) electrons. The number of benzene rings is 2. The van der Waals surface area contributed by atoms with E-state index in [1.165, 1.54) is 11.3 Å². The molecule has 3 heterocycles. The molecule has 3 N–H and O–H groups in total. The number of rotatable bonds is 5. The number of carbonyl (C=O) groups is 1. The minimum absolute atomic E-state index is 0.0314. The number of nitrogens with one attached hydrogen (secondary N) is 3. The number of aromatic nitrogens is 3. The highest BCUT2D eigenvalue weighted by Gasteiger charge is 2.33. The molecule has 34 heavy (non-hydrogen) atoms. The number of para-hydroxylation sites is 2. The van der Waals surface area contributed by atoms with Gasteiger partial charge in [-0.1, -0.05) is 67.1 Å². The first-order chi connectivity index (χ1) is 16.5. The minimum atomic E-state index is -0.674. The van der Waals surface area contributed by atoms with Crippen LogP contribution in [0.25, 0.3) is 11.1 Å². The third-order valence-electron chi connectivity index (χ3n) is 5.20. The first-order valence-corrected chi connectivity index (χ1v) is 11.8. The van der Waals surface area contributed by atoms with Gasteiger partial charge in [-0.3, -0.25) is 15.4 Å². The van der Waals surface area contributed by atoms with Crippen molar-refractivity contribution in [1.82, 2.24) is 20.5 Å². The summed E-state index contributed by atoms with van der Waals surface area (Å²) in [5.41, 5.74) is 4.77. The number of fused-ring (bicyclic) bond motifs is 1. The predicted octanol–water partition coefficient (Wildman–Crippen LogP) is 4.99. The first-order valence-electron chi connectivity index (χ1n) is 10.5. The molecule has 1 aliphatic heterocycles. The van der Waals surface area contributed by atoms with Gasteiger partial charge in [-0.05, 0) is 24.1 Å². The van der Waals surface area contributed by atoms with Gasteiger partial charge >= 0.3 is 6.01 Å². The maximum Gasteiger partial charge on any atom is 0.302 e. The average molecular weight is 494 g/mol. The van der Waals surface area contributed by atoms with Crippen LogP contribution in [0.5, 0.6) is 0 Å². The van der Waals surface area contributed by atoms with Crippen LogP contribution in [0, 0.1) is 5.92 Å². The molecule has 0 saturated heterocycles. The Morgan fingerprint density at radius 1 is 1.18 bits per heavy atom. The summed E-state index contributed by atoms with van der Waals surface area (Å²) in [4.78, 5) is 22.7. The molecule has 2 aromatic carbocycles. The van der Waals surface area contributed by atoms with E-state index in [2.05, 4.69) is 31.1 Å². The summed E-state index contributed by atoms with van der Waals surface area (Å²) in [6.07, 6.45) is 0. The Morgan fingerprint density at radius 3 is 2.71 bits per heavy atom. The van der Waals surface area contributed by atoms with E-state index in [-0.39, 0.29) is 17.8 Å². The molecule has 1 aliphatic rings. The lowest BCUT2D eigenvalue weighted by molar-refractivity contribution is -0.113. The van der Waals surface area contributed by atoms with Gasteiger partial charge in [0.05, 0.1) is 5.57 Å². The topological polar surface area (TPSA) is 117 Å². The van der Waals surface area contributed by atoms with Gasteiger partial charge in [0.15, 0.2) is 5.58 Å². The normalized spacial score (nSPS) is 15.9. The quantitative estimate of drug-likeness (QED) is 0.358. The number of carbonyl (C=O) groups excluding carboxylic acids is 1. The number of aliphatic imine (C=N–C) groups is 1. The van der Waals surface area contributed by atoms with Gasteiger partial charge in [-0.2, -0.15) is 4.98 Å². The van der Waals surface area contributed by atoms with E-state index in [1.807, 2.05) is 56.3 Å². The van der Waals surface area contributed by atoms with Gasteiger partial charge < -0.3 is 9.73 Å². The maximum atomic E-state index is 13.4. The molecule has 5 rings (SSSR count). The van der Waals surface area contributed by atoms with Gasteiger partial charge in [0, 0.05) is 16.3 Å². The second-order valence-electron chi connectivity index (χ2n) is 7.82. The number of hydrogen-bond donors (Lipinski definition) is 3. The third kappa shape index (κ3) is 4.37. The molecule has 0 aliphatic carbocycles. The second-order valence-corrected chi connectivity index (χ2v) is 9.06. The average Bonchev–Trinajstić information content (AvgIpc) is 3.48. The Labute approximate surface area is 204 Å². The summed E-state index contributed by atoms with van der Waals surface area (Å²) in [5, 5.41) is 17.8. The smallest absolute Gasteiger partial charge is 0.302 e. The molecular weight excluding hydrogens is 474 g/mol. The van der Waals surface area contributed by atoms with Crippen LogP contribution in [-0.2, 0) is 4.79 Å². The summed E-state index contributed by atoms with van der Waals surface area (Å²) in [6, 6.07) is 14.4. The predicted molar refractivity (Wildman–Crippen MR) is 133 cm³/mol. The Hall–Kier alpha value is -3.76. The first kappa shape index (κ1) is 22.1. The SMILES string of the molecule is CC(C)C1=C(C(=O)Nc2nncs2)C(c2ccccc2Cl)N=C(Nc2nc3ccccc3o2)N1. The van der Waals surface area contributed by atoms with Crippen LogP contribution in [0.4, 0.5) is 11.1 Å². The molecule has 4 aromatic rings. The van der Waals surface area contributed by atoms with Crippen LogP contribution in [0.2, 0.25) is 5.02 Å². The second kappa shape index (κ2) is 9.24. The fraction of sp³-hybridized carbons (Fsp3) is 0.174. The Kier molecular flexibility index (Phi) is 5.99. The number of allylic oxidation sites excluding steroid dienone is 1. The van der Waals surface area contributed by atoms with Crippen LogP contribution >= 0.6 is 22.9 Å². The molecule has 0 saturated carbocycles. The summed E-state index contributed by atoms with van der Waals surface area (Å²) in [7, 11) is 0. The minimum Gasteiger partial charge on any atom is -0.423 e. The van der Waals surface area contributed by atoms with Crippen molar-refractivity contribution >= 4 is 57.1 Å². The maximum absolute atomic E-state index is 13.4. The van der Waals surface area contributed by atoms with Crippen molar-refractivity contribution < 1.29 is 9.21 Å². The zero-order valence-corrected chi connectivity index (χ0v) is 19.8. The van der Waals surface area contributed by atoms with Gasteiger partial charge in [-0.15, -0.1) is 10.2 Å². The van der Waals surface area contributed by atoms with Crippen molar-refractivity contribution in [2.24, 2.45) is 10.9 Å². The van der Waals surface area contributed by atoms with Crippen LogP contribution in [0.15, 0.2) is 74.7 Å². The highest BCUT2D eigenvalue weighted by Crippen LogP contribution is 2.37. The molecule has 1 atom stereocenters. The molecule has 0 bridgehead atoms. The Bertz CT molecular complexity index is 1380. The number of anilines is 2. The summed E-state index contributed by atoms with van der Waals surface area (Å²) < 4.78 is 5.80. The van der Waals surface area contributed by atoms with Crippen molar-refractivity contribution in [1.29, 1.82) is 0 Å². The molecule has 11 heteroatoms. The lowest BCUT2D eigenvalue weighted by atomic mass is 9.91. The van der Waals surface area contributed by atoms with Crippen molar-refractivity contribution in [2.75, 3.05) is 10.6 Å². The molecular formula is C23H20ClN7O2S. The zero-order chi connectivity index (χ0) is 23.7. The van der Waals surface area contributed by atoms with Crippen molar-refractivity contribution in [3.05, 3.63) is 75.9 Å². The molecule has 1 amide bonds. The standard InChI is InChI=1S/C23H20ClN7O2S/c1-12(2)18-17(20(32)29-23-31-25-11-34-23)19(13-7-3-4-8-14(13)24)28-21(27-18)30-22-26-15-9-5-6-10-16(15)33-22/h3-12,19H,1-2H3,(H,29,31,32)(H2,26,27,28,30). The van der Waals surface area contributed by atoms with Crippen molar-refractivity contribution in [3.63, 3.8) is 0 Å². The van der Waals surface area contributed by atoms with E-state index in [1.54, 1.807) is 11.6 Å². The van der Waals surface area contributed by atoms with Crippen LogP contribution in [0.1, 0.15) is 25.5 Å². The highest BCUT2D eigenvalue weighted by atomic mass is 35.5. The number of nitrogens with zero attached hydrogens (tertiary/aromatic N) is 4. The lowest BCUT2D eigenvalue weighted by Crippen LogP contribution is -2.40. The van der Waals surface area contributed by atoms with Crippen LogP contribution in [0.3, 0.4) is 0 Å². The number of oxazole rings is 1. The van der Waals surface area contributed by atoms with E-state index in [4.69, 9.17) is 21.0 Å². The molecule has 2 aromatic heterocycles. The van der Waals surface area contributed by atoms with Crippen molar-refractivity contribution in [2.45, 2.75) is 19.9 Å². The molecule has 0 fully saturated rings. The largest absolute Gasteiger partial charge is 0.423 e. The van der Waals surface area contributed by atoms with Gasteiger partial charge in [0.25, 0.3) is 5.91 Å². The number of halogens is 1. The summed E-state index contributed by atoms with van der Waals surface area (Å²) >= 11 is 7.78. The van der Waals surface area contributed by atoms with Gasteiger partial charge in [-0.25, -0.2) is 4.99 Å². The lowest BCUT2D eigenvalue weighted by Gasteiger charge is -2.29. The zero-order valence-electron chi connectivity index (χ0n) is 18.2. The van der Waals surface area contributed by atoms with Gasteiger partial charge in [0.2, 0.25) is 11.1 Å². The Balaban J connectivity index is 1.56. The van der Waals surface area contributed by atoms with E-state index in [0.29, 0.717) is 38.5 Å². The molecule has 9 nitrogen and oxygen atoms in total. The molecule has 0 spiro atoms. The van der Waals surface area contributed by atoms with E-state index in [0.717, 1.165) is 5.52 Å². The van der Waals surface area contributed by atoms with Gasteiger partial charge in [0.1, 0.15) is 17.1 Å². The summed E-state index contributed by atoms with van der Waals surface area (Å²) in [6.45, 7) is 3.99. The highest BCUT2D eigenvalue weighted by molar-refractivity contribution is 7.13. The molecule has 172 valence electrons. The van der Waals surface area contributed by atoms with Crippen LogP contribution < -0.4 is 16.0 Å². The summed E-state index contributed by atoms with van der Waals surface area (Å²) in [5.74, 6) is 0.0336.